The van der Waals surface area contributed by atoms with E-state index in [1.165, 1.54) is 0 Å². The van der Waals surface area contributed by atoms with Crippen LogP contribution in [0.15, 0.2) is 30.5 Å². The van der Waals surface area contributed by atoms with E-state index in [1.807, 2.05) is 36.7 Å². The Kier molecular flexibility index (Phi) is 3.01. The maximum Gasteiger partial charge on any atom is 0.272 e. The molecule has 0 spiro atoms. The van der Waals surface area contributed by atoms with Crippen LogP contribution in [0.1, 0.15) is 40.5 Å². The lowest BCUT2D eigenvalue weighted by Crippen LogP contribution is -2.17. The number of rotatable bonds is 3. The standard InChI is InChI=1S/C16H18N2O2/c1-10-9-15(19)11(2)8-13(10)17-16(20)14-4-3-7-18(14)12-5-6-12/h3-4,7-9,12,19H,5-6H2,1-2H3,(H,17,20). The molecule has 1 aliphatic rings. The van der Waals surface area contributed by atoms with Crippen molar-refractivity contribution in [3.63, 3.8) is 0 Å². The minimum atomic E-state index is -0.102. The van der Waals surface area contributed by atoms with E-state index in [1.54, 1.807) is 12.1 Å². The smallest absolute Gasteiger partial charge is 0.272 e. The zero-order valence-corrected chi connectivity index (χ0v) is 11.7. The van der Waals surface area contributed by atoms with E-state index in [0.717, 1.165) is 29.7 Å². The van der Waals surface area contributed by atoms with E-state index in [-0.39, 0.29) is 11.7 Å². The summed E-state index contributed by atoms with van der Waals surface area (Å²) in [6.45, 7) is 3.69. The number of anilines is 1. The van der Waals surface area contributed by atoms with Crippen molar-refractivity contribution >= 4 is 11.6 Å². The Morgan fingerprint density at radius 2 is 2.05 bits per heavy atom. The van der Waals surface area contributed by atoms with E-state index >= 15 is 0 Å². The Balaban J connectivity index is 1.85. The quantitative estimate of drug-likeness (QED) is 0.840. The molecular weight excluding hydrogens is 252 g/mol. The summed E-state index contributed by atoms with van der Waals surface area (Å²) in [6.07, 6.45) is 4.25. The van der Waals surface area contributed by atoms with Crippen LogP contribution in [0.25, 0.3) is 0 Å². The number of nitrogens with zero attached hydrogens (tertiary/aromatic N) is 1. The summed E-state index contributed by atoms with van der Waals surface area (Å²) in [6, 6.07) is 7.70. The summed E-state index contributed by atoms with van der Waals surface area (Å²) >= 11 is 0. The van der Waals surface area contributed by atoms with E-state index in [9.17, 15) is 9.90 Å². The molecule has 20 heavy (non-hydrogen) atoms. The van der Waals surface area contributed by atoms with Gasteiger partial charge in [0, 0.05) is 17.9 Å². The Hall–Kier alpha value is -2.23. The lowest BCUT2D eigenvalue weighted by molar-refractivity contribution is 0.101. The number of phenolic OH excluding ortho intramolecular Hbond substituents is 1. The van der Waals surface area contributed by atoms with Crippen molar-refractivity contribution in [2.24, 2.45) is 0 Å². The molecule has 3 rings (SSSR count). The Morgan fingerprint density at radius 1 is 1.30 bits per heavy atom. The van der Waals surface area contributed by atoms with Crippen LogP contribution in [-0.4, -0.2) is 15.6 Å². The van der Waals surface area contributed by atoms with Crippen molar-refractivity contribution < 1.29 is 9.90 Å². The van der Waals surface area contributed by atoms with Crippen LogP contribution in [0.5, 0.6) is 5.75 Å². The summed E-state index contributed by atoms with van der Waals surface area (Å²) in [7, 11) is 0. The molecule has 0 atom stereocenters. The highest BCUT2D eigenvalue weighted by molar-refractivity contribution is 6.03. The fourth-order valence-corrected chi connectivity index (χ4v) is 2.38. The Bertz CT molecular complexity index is 669. The maximum absolute atomic E-state index is 12.4. The van der Waals surface area contributed by atoms with Crippen molar-refractivity contribution in [3.05, 3.63) is 47.3 Å². The molecule has 4 nitrogen and oxygen atoms in total. The molecule has 1 fully saturated rings. The molecular formula is C16H18N2O2. The zero-order valence-electron chi connectivity index (χ0n) is 11.7. The molecule has 0 bridgehead atoms. The first-order valence-corrected chi connectivity index (χ1v) is 6.84. The van der Waals surface area contributed by atoms with Gasteiger partial charge < -0.3 is 15.0 Å². The molecule has 1 aromatic heterocycles. The lowest BCUT2D eigenvalue weighted by Gasteiger charge is -2.12. The Morgan fingerprint density at radius 3 is 2.75 bits per heavy atom. The van der Waals surface area contributed by atoms with Crippen molar-refractivity contribution in [3.8, 4) is 5.75 Å². The molecule has 0 aliphatic heterocycles. The summed E-state index contributed by atoms with van der Waals surface area (Å²) in [5.74, 6) is 0.150. The summed E-state index contributed by atoms with van der Waals surface area (Å²) < 4.78 is 2.04. The number of aryl methyl sites for hydroxylation is 2. The van der Waals surface area contributed by atoms with Gasteiger partial charge in [0.05, 0.1) is 0 Å². The predicted octanol–water partition coefficient (Wildman–Crippen LogP) is 3.40. The fraction of sp³-hybridized carbons (Fsp3) is 0.312. The molecule has 104 valence electrons. The third-order valence-corrected chi connectivity index (χ3v) is 3.74. The second-order valence-electron chi connectivity index (χ2n) is 5.44. The molecule has 1 aromatic carbocycles. The molecule has 4 heteroatoms. The first-order chi connectivity index (χ1) is 9.56. The van der Waals surface area contributed by atoms with Gasteiger partial charge in [-0.2, -0.15) is 0 Å². The summed E-state index contributed by atoms with van der Waals surface area (Å²) in [5, 5.41) is 12.6. The SMILES string of the molecule is Cc1cc(NC(=O)c2cccn2C2CC2)c(C)cc1O. The van der Waals surface area contributed by atoms with Crippen molar-refractivity contribution in [1.29, 1.82) is 0 Å². The van der Waals surface area contributed by atoms with Crippen LogP contribution >= 0.6 is 0 Å². The highest BCUT2D eigenvalue weighted by Crippen LogP contribution is 2.36. The number of aromatic nitrogens is 1. The van der Waals surface area contributed by atoms with Crippen molar-refractivity contribution in [2.45, 2.75) is 32.7 Å². The highest BCUT2D eigenvalue weighted by atomic mass is 16.3. The van der Waals surface area contributed by atoms with Crippen LogP contribution in [0.2, 0.25) is 0 Å². The fourth-order valence-electron chi connectivity index (χ4n) is 2.38. The zero-order chi connectivity index (χ0) is 14.3. The van der Waals surface area contributed by atoms with Crippen molar-refractivity contribution in [2.75, 3.05) is 5.32 Å². The minimum absolute atomic E-state index is 0.102. The van der Waals surface area contributed by atoms with Gasteiger partial charge in [-0.15, -0.1) is 0 Å². The number of hydrogen-bond acceptors (Lipinski definition) is 2. The van der Waals surface area contributed by atoms with Gasteiger partial charge in [0.15, 0.2) is 0 Å². The second-order valence-corrected chi connectivity index (χ2v) is 5.44. The third kappa shape index (κ3) is 2.29. The second kappa shape index (κ2) is 4.71. The number of hydrogen-bond donors (Lipinski definition) is 2. The molecule has 0 saturated heterocycles. The molecule has 1 heterocycles. The maximum atomic E-state index is 12.4. The van der Waals surface area contributed by atoms with Crippen LogP contribution in [-0.2, 0) is 0 Å². The van der Waals surface area contributed by atoms with Crippen LogP contribution in [0.4, 0.5) is 5.69 Å². The molecule has 1 aliphatic carbocycles. The van der Waals surface area contributed by atoms with Gasteiger partial charge in [0.25, 0.3) is 5.91 Å². The summed E-state index contributed by atoms with van der Waals surface area (Å²) in [5.41, 5.74) is 3.04. The average molecular weight is 270 g/mol. The van der Waals surface area contributed by atoms with Gasteiger partial charge >= 0.3 is 0 Å². The lowest BCUT2D eigenvalue weighted by atomic mass is 10.1. The van der Waals surface area contributed by atoms with E-state index < -0.39 is 0 Å². The molecule has 2 aromatic rings. The topological polar surface area (TPSA) is 54.3 Å². The normalized spacial score (nSPS) is 14.3. The molecule has 1 amide bonds. The number of aromatic hydroxyl groups is 1. The number of benzene rings is 1. The summed E-state index contributed by atoms with van der Waals surface area (Å²) in [4.78, 5) is 12.4. The first-order valence-electron chi connectivity index (χ1n) is 6.84. The predicted molar refractivity (Wildman–Crippen MR) is 78.2 cm³/mol. The van der Waals surface area contributed by atoms with Gasteiger partial charge in [-0.3, -0.25) is 4.79 Å². The molecule has 2 N–H and O–H groups in total. The van der Waals surface area contributed by atoms with Crippen LogP contribution in [0.3, 0.4) is 0 Å². The third-order valence-electron chi connectivity index (χ3n) is 3.74. The molecule has 0 unspecified atom stereocenters. The highest BCUT2D eigenvalue weighted by Gasteiger charge is 2.26. The number of amides is 1. The van der Waals surface area contributed by atoms with Gasteiger partial charge in [-0.05, 0) is 62.1 Å². The molecule has 1 saturated carbocycles. The van der Waals surface area contributed by atoms with Gasteiger partial charge in [0.1, 0.15) is 11.4 Å². The first kappa shape index (κ1) is 12.8. The monoisotopic (exact) mass is 270 g/mol. The number of nitrogens with one attached hydrogen (secondary N) is 1. The van der Waals surface area contributed by atoms with Crippen LogP contribution in [0, 0.1) is 13.8 Å². The van der Waals surface area contributed by atoms with Gasteiger partial charge in [-0.25, -0.2) is 0 Å². The van der Waals surface area contributed by atoms with Crippen LogP contribution < -0.4 is 5.32 Å². The Labute approximate surface area is 118 Å². The number of phenols is 1. The number of carbonyl (C=O) groups is 1. The average Bonchev–Trinajstić information content (AvgIpc) is 3.13. The van der Waals surface area contributed by atoms with Gasteiger partial charge in [0.2, 0.25) is 0 Å². The van der Waals surface area contributed by atoms with E-state index in [2.05, 4.69) is 5.32 Å². The largest absolute Gasteiger partial charge is 0.508 e. The van der Waals surface area contributed by atoms with Crippen molar-refractivity contribution in [1.82, 2.24) is 4.57 Å². The minimum Gasteiger partial charge on any atom is -0.508 e. The van der Waals surface area contributed by atoms with Gasteiger partial charge in [-0.1, -0.05) is 0 Å². The molecule has 0 radical (unpaired) electrons. The van der Waals surface area contributed by atoms with E-state index in [0.29, 0.717) is 11.7 Å². The van der Waals surface area contributed by atoms with E-state index in [4.69, 9.17) is 0 Å². The number of carbonyl (C=O) groups excluding carboxylic acids is 1.